The number of thiazole rings is 1. The lowest BCUT2D eigenvalue weighted by atomic mass is 9.92. The Morgan fingerprint density at radius 2 is 2.32 bits per heavy atom. The summed E-state index contributed by atoms with van der Waals surface area (Å²) in [6.07, 6.45) is 5.50. The fourth-order valence-electron chi connectivity index (χ4n) is 3.41. The van der Waals surface area contributed by atoms with Crippen molar-refractivity contribution in [1.29, 1.82) is 0 Å². The smallest absolute Gasteiger partial charge is 0.219 e. The maximum absolute atomic E-state index is 11.4. The van der Waals surface area contributed by atoms with Gasteiger partial charge >= 0.3 is 0 Å². The fourth-order valence-corrected chi connectivity index (χ4v) is 4.09. The van der Waals surface area contributed by atoms with E-state index in [1.54, 1.807) is 18.3 Å². The molecule has 2 aliphatic rings. The molecule has 3 rings (SSSR count). The van der Waals surface area contributed by atoms with E-state index in [0.717, 1.165) is 19.6 Å². The standard InChI is InChI=1S/C14H21N3OS/c1-11(18)17-6-3-14(4-7-17)9-12(14)16(2)10-13-15-5-8-19-13/h5,8,12H,3-4,6-7,9-10H2,1-2H3. The van der Waals surface area contributed by atoms with Crippen molar-refractivity contribution >= 4 is 17.2 Å². The number of aromatic nitrogens is 1. The molecule has 1 atom stereocenters. The second kappa shape index (κ2) is 4.87. The number of likely N-dealkylation sites (tertiary alicyclic amines) is 1. The molecule has 1 aromatic rings. The minimum absolute atomic E-state index is 0.225. The maximum atomic E-state index is 11.4. The Morgan fingerprint density at radius 1 is 1.58 bits per heavy atom. The van der Waals surface area contributed by atoms with Gasteiger partial charge in [-0.05, 0) is 31.7 Å². The minimum Gasteiger partial charge on any atom is -0.343 e. The molecule has 0 N–H and O–H groups in total. The molecule has 1 amide bonds. The van der Waals surface area contributed by atoms with Gasteiger partial charge in [0.1, 0.15) is 5.01 Å². The van der Waals surface area contributed by atoms with Crippen LogP contribution in [0.2, 0.25) is 0 Å². The van der Waals surface area contributed by atoms with Crippen LogP contribution in [0, 0.1) is 5.41 Å². The quantitative estimate of drug-likeness (QED) is 0.849. The third-order valence-electron chi connectivity index (χ3n) is 4.75. The monoisotopic (exact) mass is 279 g/mol. The third kappa shape index (κ3) is 2.54. The van der Waals surface area contributed by atoms with Gasteiger partial charge in [-0.1, -0.05) is 0 Å². The van der Waals surface area contributed by atoms with Crippen molar-refractivity contribution in [3.8, 4) is 0 Å². The molecule has 19 heavy (non-hydrogen) atoms. The van der Waals surface area contributed by atoms with E-state index < -0.39 is 0 Å². The molecule has 1 saturated heterocycles. The summed E-state index contributed by atoms with van der Waals surface area (Å²) in [6.45, 7) is 4.52. The lowest BCUT2D eigenvalue weighted by Gasteiger charge is -2.33. The van der Waals surface area contributed by atoms with Crippen LogP contribution in [0.3, 0.4) is 0 Å². The van der Waals surface area contributed by atoms with Crippen LogP contribution in [0.1, 0.15) is 31.2 Å². The predicted molar refractivity (Wildman–Crippen MR) is 75.9 cm³/mol. The molecule has 1 aromatic heterocycles. The van der Waals surface area contributed by atoms with Crippen molar-refractivity contribution in [3.63, 3.8) is 0 Å². The van der Waals surface area contributed by atoms with E-state index in [1.807, 2.05) is 16.5 Å². The SMILES string of the molecule is CC(=O)N1CCC2(CC1)CC2N(C)Cc1nccs1. The zero-order valence-corrected chi connectivity index (χ0v) is 12.4. The highest BCUT2D eigenvalue weighted by molar-refractivity contribution is 7.09. The first-order valence-corrected chi connectivity index (χ1v) is 7.83. The first-order chi connectivity index (χ1) is 9.11. The van der Waals surface area contributed by atoms with E-state index in [2.05, 4.69) is 16.9 Å². The molecule has 104 valence electrons. The molecule has 4 nitrogen and oxygen atoms in total. The Labute approximate surface area is 118 Å². The molecular formula is C14H21N3OS. The number of carbonyl (C=O) groups excluding carboxylic acids is 1. The third-order valence-corrected chi connectivity index (χ3v) is 5.52. The van der Waals surface area contributed by atoms with Gasteiger partial charge in [0.2, 0.25) is 5.91 Å². The van der Waals surface area contributed by atoms with Crippen molar-refractivity contribution in [2.45, 2.75) is 38.8 Å². The number of hydrogen-bond donors (Lipinski definition) is 0. The van der Waals surface area contributed by atoms with E-state index in [9.17, 15) is 4.79 Å². The summed E-state index contributed by atoms with van der Waals surface area (Å²) in [7, 11) is 2.21. The second-order valence-electron chi connectivity index (χ2n) is 5.93. The van der Waals surface area contributed by atoms with Crippen molar-refractivity contribution in [3.05, 3.63) is 16.6 Å². The molecule has 1 aliphatic heterocycles. The average Bonchev–Trinajstić information content (AvgIpc) is 2.84. The Morgan fingerprint density at radius 3 is 2.89 bits per heavy atom. The highest BCUT2D eigenvalue weighted by atomic mass is 32.1. The van der Waals surface area contributed by atoms with Crippen molar-refractivity contribution < 1.29 is 4.79 Å². The number of hydrogen-bond acceptors (Lipinski definition) is 4. The van der Waals surface area contributed by atoms with Crippen molar-refractivity contribution in [1.82, 2.24) is 14.8 Å². The van der Waals surface area contributed by atoms with Gasteiger partial charge in [0.25, 0.3) is 0 Å². The molecule has 2 fully saturated rings. The summed E-state index contributed by atoms with van der Waals surface area (Å²) in [5, 5.41) is 3.24. The number of rotatable bonds is 3. The number of amides is 1. The Hall–Kier alpha value is -0.940. The second-order valence-corrected chi connectivity index (χ2v) is 6.91. The molecule has 5 heteroatoms. The summed E-state index contributed by atoms with van der Waals surface area (Å²) >= 11 is 1.73. The van der Waals surface area contributed by atoms with E-state index in [0.29, 0.717) is 11.5 Å². The van der Waals surface area contributed by atoms with Crippen LogP contribution in [0.15, 0.2) is 11.6 Å². The van der Waals surface area contributed by atoms with Crippen LogP contribution >= 0.6 is 11.3 Å². The zero-order chi connectivity index (χ0) is 13.5. The lowest BCUT2D eigenvalue weighted by Crippen LogP contribution is -2.40. The van der Waals surface area contributed by atoms with Crippen molar-refractivity contribution in [2.75, 3.05) is 20.1 Å². The van der Waals surface area contributed by atoms with E-state index in [4.69, 9.17) is 0 Å². The molecule has 1 spiro atoms. The summed E-state index contributed by atoms with van der Waals surface area (Å²) in [5.74, 6) is 0.225. The Kier molecular flexibility index (Phi) is 3.35. The summed E-state index contributed by atoms with van der Waals surface area (Å²) in [6, 6.07) is 0.686. The van der Waals surface area contributed by atoms with Gasteiger partial charge in [0.05, 0.1) is 6.54 Å². The van der Waals surface area contributed by atoms with Gasteiger partial charge in [0.15, 0.2) is 0 Å². The normalized spacial score (nSPS) is 25.0. The molecule has 2 heterocycles. The Bertz CT molecular complexity index is 451. The van der Waals surface area contributed by atoms with E-state index in [1.165, 1.54) is 24.3 Å². The summed E-state index contributed by atoms with van der Waals surface area (Å²) in [5.41, 5.74) is 0.484. The highest BCUT2D eigenvalue weighted by Crippen LogP contribution is 2.56. The van der Waals surface area contributed by atoms with E-state index >= 15 is 0 Å². The van der Waals surface area contributed by atoms with Crippen LogP contribution in [-0.4, -0.2) is 46.9 Å². The maximum Gasteiger partial charge on any atom is 0.219 e. The average molecular weight is 279 g/mol. The number of carbonyl (C=O) groups is 1. The van der Waals surface area contributed by atoms with Gasteiger partial charge in [-0.3, -0.25) is 9.69 Å². The molecular weight excluding hydrogens is 258 g/mol. The highest BCUT2D eigenvalue weighted by Gasteiger charge is 2.56. The first kappa shape index (κ1) is 13.1. The molecule has 0 aromatic carbocycles. The van der Waals surface area contributed by atoms with Crippen molar-refractivity contribution in [2.24, 2.45) is 5.41 Å². The number of piperidine rings is 1. The van der Waals surface area contributed by atoms with Gasteiger partial charge in [-0.15, -0.1) is 11.3 Å². The summed E-state index contributed by atoms with van der Waals surface area (Å²) < 4.78 is 0. The van der Waals surface area contributed by atoms with Gasteiger partial charge in [0, 0.05) is 37.6 Å². The van der Waals surface area contributed by atoms with Gasteiger partial charge < -0.3 is 4.90 Å². The van der Waals surface area contributed by atoms with Gasteiger partial charge in [-0.25, -0.2) is 4.98 Å². The summed E-state index contributed by atoms with van der Waals surface area (Å²) in [4.78, 5) is 20.2. The molecule has 0 bridgehead atoms. The molecule has 0 radical (unpaired) electrons. The van der Waals surface area contributed by atoms with Crippen LogP contribution in [0.5, 0.6) is 0 Å². The first-order valence-electron chi connectivity index (χ1n) is 6.95. The van der Waals surface area contributed by atoms with Crippen LogP contribution < -0.4 is 0 Å². The van der Waals surface area contributed by atoms with Crippen LogP contribution in [0.4, 0.5) is 0 Å². The Balaban J connectivity index is 1.54. The predicted octanol–water partition coefficient (Wildman–Crippen LogP) is 1.98. The van der Waals surface area contributed by atoms with Crippen LogP contribution in [-0.2, 0) is 11.3 Å². The zero-order valence-electron chi connectivity index (χ0n) is 11.6. The number of nitrogens with zero attached hydrogens (tertiary/aromatic N) is 3. The van der Waals surface area contributed by atoms with Gasteiger partial charge in [-0.2, -0.15) is 0 Å². The van der Waals surface area contributed by atoms with E-state index in [-0.39, 0.29) is 5.91 Å². The molecule has 1 unspecified atom stereocenters. The topological polar surface area (TPSA) is 36.4 Å². The van der Waals surface area contributed by atoms with Crippen LogP contribution in [0.25, 0.3) is 0 Å². The lowest BCUT2D eigenvalue weighted by molar-refractivity contribution is -0.130. The minimum atomic E-state index is 0.225. The largest absolute Gasteiger partial charge is 0.343 e. The molecule has 1 saturated carbocycles. The molecule has 1 aliphatic carbocycles. The fraction of sp³-hybridized carbons (Fsp3) is 0.714.